The van der Waals surface area contributed by atoms with Crippen molar-refractivity contribution in [3.63, 3.8) is 0 Å². The van der Waals surface area contributed by atoms with Crippen molar-refractivity contribution in [3.05, 3.63) is 35.8 Å². The largest absolute Gasteiger partial charge is 0.129 e. The fourth-order valence-corrected chi connectivity index (χ4v) is 2.04. The van der Waals surface area contributed by atoms with Crippen LogP contribution in [0.25, 0.3) is 0 Å². The Kier molecular flexibility index (Phi) is 6.20. The van der Waals surface area contributed by atoms with Crippen LogP contribution in [0.4, 0.5) is 0 Å². The standard InChI is InChI=1S/C14H20S/c1-7-10-14(4,5)11-12(8-2)13(9-3)15-6/h1,8-9H,2-3,10-11H2,4-6H3/b13-12-. The van der Waals surface area contributed by atoms with Gasteiger partial charge in [-0.15, -0.1) is 24.1 Å². The molecule has 0 saturated heterocycles. The minimum Gasteiger partial charge on any atom is -0.129 e. The van der Waals surface area contributed by atoms with Gasteiger partial charge in [-0.25, -0.2) is 0 Å². The smallest absolute Gasteiger partial charge is 0.0141 e. The molecule has 0 atom stereocenters. The highest BCUT2D eigenvalue weighted by Crippen LogP contribution is 2.32. The Bertz CT molecular complexity index is 300. The van der Waals surface area contributed by atoms with Crippen LogP contribution >= 0.6 is 11.8 Å². The van der Waals surface area contributed by atoms with Gasteiger partial charge in [-0.1, -0.05) is 39.2 Å². The first-order valence-electron chi connectivity index (χ1n) is 4.96. The third kappa shape index (κ3) is 4.95. The Morgan fingerprint density at radius 2 is 2.00 bits per heavy atom. The molecular formula is C14H20S. The molecule has 0 aliphatic heterocycles. The van der Waals surface area contributed by atoms with Crippen LogP contribution in [0.2, 0.25) is 0 Å². The average Bonchev–Trinajstić information content (AvgIpc) is 2.17. The van der Waals surface area contributed by atoms with Crippen LogP contribution in [0.1, 0.15) is 26.7 Å². The zero-order valence-corrected chi connectivity index (χ0v) is 10.8. The van der Waals surface area contributed by atoms with Crippen molar-refractivity contribution >= 4 is 11.8 Å². The molecule has 0 fully saturated rings. The number of rotatable bonds is 6. The van der Waals surface area contributed by atoms with E-state index in [1.807, 2.05) is 12.2 Å². The van der Waals surface area contributed by atoms with Gasteiger partial charge in [-0.2, -0.15) is 0 Å². The highest BCUT2D eigenvalue weighted by Gasteiger charge is 2.18. The Hall–Kier alpha value is -0.870. The molecule has 0 aromatic rings. The van der Waals surface area contributed by atoms with E-state index < -0.39 is 0 Å². The Morgan fingerprint density at radius 1 is 1.40 bits per heavy atom. The summed E-state index contributed by atoms with van der Waals surface area (Å²) in [5.41, 5.74) is 1.36. The maximum atomic E-state index is 5.36. The molecule has 1 heteroatoms. The van der Waals surface area contributed by atoms with E-state index in [9.17, 15) is 0 Å². The van der Waals surface area contributed by atoms with Crippen molar-refractivity contribution in [1.82, 2.24) is 0 Å². The lowest BCUT2D eigenvalue weighted by molar-refractivity contribution is 0.377. The maximum Gasteiger partial charge on any atom is 0.0141 e. The first-order valence-corrected chi connectivity index (χ1v) is 6.18. The summed E-state index contributed by atoms with van der Waals surface area (Å²) in [6.07, 6.45) is 12.9. The number of hydrogen-bond acceptors (Lipinski definition) is 1. The van der Waals surface area contributed by atoms with Gasteiger partial charge in [0.05, 0.1) is 0 Å². The summed E-state index contributed by atoms with van der Waals surface area (Å²) in [5.74, 6) is 2.72. The van der Waals surface area contributed by atoms with Crippen molar-refractivity contribution in [2.45, 2.75) is 26.7 Å². The van der Waals surface area contributed by atoms with Gasteiger partial charge in [-0.3, -0.25) is 0 Å². The van der Waals surface area contributed by atoms with Crippen molar-refractivity contribution < 1.29 is 0 Å². The van der Waals surface area contributed by atoms with E-state index in [0.29, 0.717) is 0 Å². The van der Waals surface area contributed by atoms with E-state index in [-0.39, 0.29) is 5.41 Å². The monoisotopic (exact) mass is 220 g/mol. The zero-order chi connectivity index (χ0) is 11.9. The molecule has 0 rings (SSSR count). The lowest BCUT2D eigenvalue weighted by atomic mass is 9.82. The minimum absolute atomic E-state index is 0.127. The molecule has 0 amide bonds. The van der Waals surface area contributed by atoms with Crippen molar-refractivity contribution in [1.29, 1.82) is 0 Å². The van der Waals surface area contributed by atoms with E-state index in [0.717, 1.165) is 12.8 Å². The lowest BCUT2D eigenvalue weighted by Crippen LogP contribution is -2.11. The maximum absolute atomic E-state index is 5.36. The topological polar surface area (TPSA) is 0 Å². The number of hydrogen-bond donors (Lipinski definition) is 0. The molecule has 15 heavy (non-hydrogen) atoms. The number of allylic oxidation sites excluding steroid dienone is 3. The summed E-state index contributed by atoms with van der Waals surface area (Å²) in [6, 6.07) is 0. The van der Waals surface area contributed by atoms with Crippen molar-refractivity contribution in [3.8, 4) is 12.3 Å². The van der Waals surface area contributed by atoms with Crippen LogP contribution in [-0.2, 0) is 0 Å². The predicted molar refractivity (Wildman–Crippen MR) is 72.8 cm³/mol. The van der Waals surface area contributed by atoms with Crippen LogP contribution in [0, 0.1) is 17.8 Å². The fraction of sp³-hybridized carbons (Fsp3) is 0.429. The van der Waals surface area contributed by atoms with Gasteiger partial charge in [0.2, 0.25) is 0 Å². The second kappa shape index (κ2) is 6.58. The molecule has 0 spiro atoms. The molecule has 0 N–H and O–H groups in total. The molecule has 0 aliphatic rings. The Labute approximate surface area is 98.5 Å². The second-order valence-corrected chi connectivity index (χ2v) is 5.07. The highest BCUT2D eigenvalue weighted by molar-refractivity contribution is 8.02. The highest BCUT2D eigenvalue weighted by atomic mass is 32.2. The van der Waals surface area contributed by atoms with Crippen LogP contribution in [0.5, 0.6) is 0 Å². The lowest BCUT2D eigenvalue weighted by Gasteiger charge is -2.23. The quantitative estimate of drug-likeness (QED) is 0.472. The van der Waals surface area contributed by atoms with E-state index in [1.54, 1.807) is 11.8 Å². The van der Waals surface area contributed by atoms with Gasteiger partial charge >= 0.3 is 0 Å². The molecule has 0 saturated carbocycles. The Balaban J connectivity index is 4.88. The van der Waals surface area contributed by atoms with Gasteiger partial charge in [0.15, 0.2) is 0 Å². The summed E-state index contributed by atoms with van der Waals surface area (Å²) < 4.78 is 0. The SMILES string of the molecule is C#CCC(C)(C)C/C(C=C)=C(/C=C)SC. The zero-order valence-electron chi connectivity index (χ0n) is 9.97. The second-order valence-electron chi connectivity index (χ2n) is 4.22. The number of thioether (sulfide) groups is 1. The molecule has 0 aromatic carbocycles. The molecule has 82 valence electrons. The molecular weight excluding hydrogens is 200 g/mol. The van der Waals surface area contributed by atoms with E-state index in [2.05, 4.69) is 39.2 Å². The van der Waals surface area contributed by atoms with E-state index in [4.69, 9.17) is 6.42 Å². The molecule has 0 heterocycles. The molecule has 0 aliphatic carbocycles. The molecule has 0 unspecified atom stereocenters. The summed E-state index contributed by atoms with van der Waals surface area (Å²) in [7, 11) is 0. The molecule has 0 bridgehead atoms. The summed E-state index contributed by atoms with van der Waals surface area (Å²) >= 11 is 1.70. The molecule has 0 nitrogen and oxygen atoms in total. The van der Waals surface area contributed by atoms with Gasteiger partial charge in [0.1, 0.15) is 0 Å². The van der Waals surface area contributed by atoms with Gasteiger partial charge < -0.3 is 0 Å². The number of terminal acetylenes is 1. The van der Waals surface area contributed by atoms with Crippen molar-refractivity contribution in [2.75, 3.05) is 6.26 Å². The predicted octanol–water partition coefficient (Wildman–Crippen LogP) is 4.42. The molecule has 0 radical (unpaired) electrons. The van der Waals surface area contributed by atoms with Gasteiger partial charge in [0, 0.05) is 11.3 Å². The third-order valence-corrected chi connectivity index (χ3v) is 3.09. The van der Waals surface area contributed by atoms with E-state index in [1.165, 1.54) is 10.5 Å². The summed E-state index contributed by atoms with van der Waals surface area (Å²) in [4.78, 5) is 1.19. The summed E-state index contributed by atoms with van der Waals surface area (Å²) in [6.45, 7) is 12.0. The Morgan fingerprint density at radius 3 is 2.33 bits per heavy atom. The third-order valence-electron chi connectivity index (χ3n) is 2.22. The minimum atomic E-state index is 0.127. The normalized spacial score (nSPS) is 12.7. The van der Waals surface area contributed by atoms with Crippen LogP contribution in [0.3, 0.4) is 0 Å². The van der Waals surface area contributed by atoms with Crippen LogP contribution in [-0.4, -0.2) is 6.26 Å². The van der Waals surface area contributed by atoms with Gasteiger partial charge in [0.25, 0.3) is 0 Å². The van der Waals surface area contributed by atoms with E-state index >= 15 is 0 Å². The fourth-order valence-electron chi connectivity index (χ4n) is 1.46. The first-order chi connectivity index (χ1) is 7.00. The first kappa shape index (κ1) is 14.1. The van der Waals surface area contributed by atoms with Crippen molar-refractivity contribution in [2.24, 2.45) is 5.41 Å². The van der Waals surface area contributed by atoms with Gasteiger partial charge in [-0.05, 0) is 23.7 Å². The van der Waals surface area contributed by atoms with Crippen LogP contribution < -0.4 is 0 Å². The summed E-state index contributed by atoms with van der Waals surface area (Å²) in [5, 5.41) is 0. The van der Waals surface area contributed by atoms with Crippen LogP contribution in [0.15, 0.2) is 35.8 Å². The average molecular weight is 220 g/mol. The molecule has 0 aromatic heterocycles.